The first-order valence-corrected chi connectivity index (χ1v) is 12.2. The van der Waals surface area contributed by atoms with E-state index in [2.05, 4.69) is 51.8 Å². The number of nitrogens with zero attached hydrogens (tertiary/aromatic N) is 2. The van der Waals surface area contributed by atoms with Gasteiger partial charge in [-0.1, -0.05) is 29.8 Å². The van der Waals surface area contributed by atoms with E-state index in [1.165, 1.54) is 27.6 Å². The van der Waals surface area contributed by atoms with E-state index in [0.717, 1.165) is 55.5 Å². The number of imidazole rings is 1. The van der Waals surface area contributed by atoms with E-state index in [1.54, 1.807) is 6.92 Å². The summed E-state index contributed by atoms with van der Waals surface area (Å²) >= 11 is 1.52. The van der Waals surface area contributed by atoms with Gasteiger partial charge in [0.1, 0.15) is 11.2 Å². The van der Waals surface area contributed by atoms with Gasteiger partial charge < -0.3 is 22.5 Å². The normalized spacial score (nSPS) is 13.9. The molecule has 1 aromatic carbocycles. The summed E-state index contributed by atoms with van der Waals surface area (Å²) in [6.45, 7) is 5.41. The van der Waals surface area contributed by atoms with Crippen LogP contribution in [-0.4, -0.2) is 23.1 Å². The first-order valence-electron chi connectivity index (χ1n) is 11.4. The molecule has 2 aliphatic rings. The summed E-state index contributed by atoms with van der Waals surface area (Å²) in [6.07, 6.45) is 7.01. The average molecular weight is 486 g/mol. The molecule has 8 heteroatoms. The summed E-state index contributed by atoms with van der Waals surface area (Å²) in [5, 5.41) is 3.66. The molecule has 1 aliphatic heterocycles. The molecule has 6 nitrogen and oxygen atoms in total. The zero-order valence-electron chi connectivity index (χ0n) is 18.9. The van der Waals surface area contributed by atoms with Crippen molar-refractivity contribution in [3.63, 3.8) is 0 Å². The van der Waals surface area contributed by atoms with Gasteiger partial charge in [-0.15, -0.1) is 11.3 Å². The second-order valence-corrected chi connectivity index (χ2v) is 9.61. The Bertz CT molecular complexity index is 1200. The fourth-order valence-corrected chi connectivity index (χ4v) is 6.13. The summed E-state index contributed by atoms with van der Waals surface area (Å²) in [7, 11) is 0. The Morgan fingerprint density at radius 2 is 1.94 bits per heavy atom. The Hall–Kier alpha value is -2.64. The fraction of sp³-hybridized carbons (Fsp3) is 0.400. The van der Waals surface area contributed by atoms with Gasteiger partial charge in [0.15, 0.2) is 12.2 Å². The van der Waals surface area contributed by atoms with Gasteiger partial charge in [0.2, 0.25) is 0 Å². The number of carbonyl (C=O) groups excluding carboxylic acids is 2. The Balaban J connectivity index is 0.00000259. The predicted octanol–water partition coefficient (Wildman–Crippen LogP) is 1.07. The fourth-order valence-electron chi connectivity index (χ4n) is 4.83. The van der Waals surface area contributed by atoms with Gasteiger partial charge in [-0.25, -0.2) is 13.9 Å². The minimum Gasteiger partial charge on any atom is -1.00 e. The molecule has 1 N–H and O–H groups in total. The summed E-state index contributed by atoms with van der Waals surface area (Å²) < 4.78 is 9.66. The molecule has 1 amide bonds. The number of hydrogen-bond donors (Lipinski definition) is 1. The third-order valence-electron chi connectivity index (χ3n) is 6.31. The van der Waals surface area contributed by atoms with Crippen LogP contribution < -0.4 is 22.3 Å². The van der Waals surface area contributed by atoms with Gasteiger partial charge in [-0.2, -0.15) is 0 Å². The summed E-state index contributed by atoms with van der Waals surface area (Å²) in [5.74, 6) is 0.729. The second-order valence-electron chi connectivity index (χ2n) is 8.51. The molecular formula is C25H28ClN3O3S. The molecule has 0 unspecified atom stereocenters. The highest BCUT2D eigenvalue weighted by molar-refractivity contribution is 7.17. The standard InChI is InChI=1S/C25H27N3O3S.ClH/c1-3-31-25(30)23-18-6-4-7-20(18)32-24(23)26-21(29)15-27-14-19(28-13-5-8-22(27)28)17-11-9-16(2)10-12-17;/h9-12,14H,3-8,13,15H2,1-2H3;1H. The van der Waals surface area contributed by atoms with Gasteiger partial charge in [-0.3, -0.25) is 4.79 Å². The van der Waals surface area contributed by atoms with Crippen molar-refractivity contribution in [3.05, 3.63) is 57.9 Å². The molecule has 3 aromatic rings. The van der Waals surface area contributed by atoms with E-state index in [0.29, 0.717) is 17.2 Å². The number of rotatable bonds is 6. The molecule has 0 fully saturated rings. The highest BCUT2D eigenvalue weighted by atomic mass is 35.5. The van der Waals surface area contributed by atoms with E-state index in [9.17, 15) is 9.59 Å². The predicted molar refractivity (Wildman–Crippen MR) is 124 cm³/mol. The van der Waals surface area contributed by atoms with Gasteiger partial charge in [0, 0.05) is 10.4 Å². The first kappa shape index (κ1) is 23.5. The van der Waals surface area contributed by atoms with Crippen molar-refractivity contribution in [1.29, 1.82) is 0 Å². The van der Waals surface area contributed by atoms with E-state index in [1.807, 2.05) is 0 Å². The Morgan fingerprint density at radius 3 is 2.70 bits per heavy atom. The number of halogens is 1. The maximum absolute atomic E-state index is 13.0. The minimum absolute atomic E-state index is 0. The molecule has 0 radical (unpaired) electrons. The number of benzene rings is 1. The van der Waals surface area contributed by atoms with Crippen LogP contribution >= 0.6 is 11.3 Å². The van der Waals surface area contributed by atoms with Crippen LogP contribution in [0.15, 0.2) is 30.5 Å². The number of esters is 1. The van der Waals surface area contributed by atoms with Crippen LogP contribution in [0.4, 0.5) is 5.00 Å². The number of ether oxygens (including phenoxy) is 1. The lowest BCUT2D eigenvalue weighted by Crippen LogP contribution is -3.00. The van der Waals surface area contributed by atoms with Crippen molar-refractivity contribution in [2.24, 2.45) is 0 Å². The summed E-state index contributed by atoms with van der Waals surface area (Å²) in [4.78, 5) is 26.8. The summed E-state index contributed by atoms with van der Waals surface area (Å²) in [6, 6.07) is 8.52. The number of anilines is 1. The number of amides is 1. The van der Waals surface area contributed by atoms with E-state index in [4.69, 9.17) is 4.74 Å². The quantitative estimate of drug-likeness (QED) is 0.419. The molecule has 0 spiro atoms. The summed E-state index contributed by atoms with van der Waals surface area (Å²) in [5.41, 5.74) is 5.16. The molecule has 33 heavy (non-hydrogen) atoms. The second kappa shape index (κ2) is 9.69. The van der Waals surface area contributed by atoms with E-state index < -0.39 is 0 Å². The maximum Gasteiger partial charge on any atom is 0.341 e. The highest BCUT2D eigenvalue weighted by Gasteiger charge is 2.31. The lowest BCUT2D eigenvalue weighted by molar-refractivity contribution is -0.690. The molecule has 0 bridgehead atoms. The molecule has 3 heterocycles. The number of carbonyl (C=O) groups is 2. The molecule has 174 valence electrons. The average Bonchev–Trinajstić information content (AvgIpc) is 3.51. The maximum atomic E-state index is 13.0. The lowest BCUT2D eigenvalue weighted by Gasteiger charge is -2.07. The van der Waals surface area contributed by atoms with Crippen LogP contribution in [0.5, 0.6) is 0 Å². The molecular weight excluding hydrogens is 458 g/mol. The van der Waals surface area contributed by atoms with Crippen LogP contribution in [0.3, 0.4) is 0 Å². The van der Waals surface area contributed by atoms with Crippen molar-refractivity contribution in [3.8, 4) is 11.3 Å². The smallest absolute Gasteiger partial charge is 0.341 e. The topological polar surface area (TPSA) is 64.2 Å². The van der Waals surface area contributed by atoms with Crippen molar-refractivity contribution in [2.45, 2.75) is 59.0 Å². The van der Waals surface area contributed by atoms with Crippen LogP contribution in [-0.2, 0) is 41.9 Å². The highest BCUT2D eigenvalue weighted by Crippen LogP contribution is 2.39. The van der Waals surface area contributed by atoms with E-state index >= 15 is 0 Å². The number of hydrogen-bond acceptors (Lipinski definition) is 4. The van der Waals surface area contributed by atoms with Crippen LogP contribution in [0, 0.1) is 6.92 Å². The van der Waals surface area contributed by atoms with Crippen LogP contribution in [0.1, 0.15) is 52.0 Å². The number of nitrogens with one attached hydrogen (secondary N) is 1. The van der Waals surface area contributed by atoms with Crippen molar-refractivity contribution >= 4 is 28.2 Å². The van der Waals surface area contributed by atoms with Gasteiger partial charge in [0.05, 0.1) is 25.1 Å². The monoisotopic (exact) mass is 485 g/mol. The molecule has 5 rings (SSSR count). The molecule has 1 aliphatic carbocycles. The third kappa shape index (κ3) is 4.44. The Morgan fingerprint density at radius 1 is 1.15 bits per heavy atom. The number of thiophene rings is 1. The van der Waals surface area contributed by atoms with Crippen molar-refractivity contribution in [2.75, 3.05) is 11.9 Å². The van der Waals surface area contributed by atoms with Gasteiger partial charge in [0.25, 0.3) is 11.7 Å². The Labute approximate surface area is 204 Å². The lowest BCUT2D eigenvalue weighted by atomic mass is 10.1. The zero-order chi connectivity index (χ0) is 22.2. The first-order chi connectivity index (χ1) is 15.5. The number of aromatic nitrogens is 2. The molecule has 0 atom stereocenters. The van der Waals surface area contributed by atoms with Gasteiger partial charge >= 0.3 is 5.97 Å². The largest absolute Gasteiger partial charge is 1.00 e. The molecule has 0 saturated carbocycles. The third-order valence-corrected chi connectivity index (χ3v) is 7.52. The molecule has 2 aromatic heterocycles. The number of aryl methyl sites for hydroxylation is 2. The zero-order valence-corrected chi connectivity index (χ0v) is 20.5. The SMILES string of the molecule is CCOC(=O)c1c(NC(=O)C[n+]2cc(-c3ccc(C)cc3)n3c2CCC3)sc2c1CCC2.[Cl-]. The van der Waals surface area contributed by atoms with E-state index in [-0.39, 0.29) is 30.8 Å². The van der Waals surface area contributed by atoms with Crippen LogP contribution in [0.25, 0.3) is 11.3 Å². The van der Waals surface area contributed by atoms with Crippen molar-refractivity contribution < 1.29 is 31.3 Å². The van der Waals surface area contributed by atoms with Crippen molar-refractivity contribution in [1.82, 2.24) is 4.57 Å². The minimum atomic E-state index is -0.332. The Kier molecular flexibility index (Phi) is 6.91. The number of fused-ring (bicyclic) bond motifs is 2. The van der Waals surface area contributed by atoms with Crippen LogP contribution in [0.2, 0.25) is 0 Å². The molecule has 0 saturated heterocycles. The van der Waals surface area contributed by atoms with Gasteiger partial charge in [-0.05, 0) is 45.1 Å².